The second-order valence-electron chi connectivity index (χ2n) is 7.36. The number of anilines is 1. The minimum Gasteiger partial charge on any atom is -0.497 e. The number of carbonyl (C=O) groups excluding carboxylic acids is 1. The van der Waals surface area contributed by atoms with Crippen molar-refractivity contribution in [2.75, 3.05) is 25.5 Å². The maximum absolute atomic E-state index is 12.9. The first-order valence-corrected chi connectivity index (χ1v) is 10.1. The highest BCUT2D eigenvalue weighted by Crippen LogP contribution is 2.33. The van der Waals surface area contributed by atoms with Gasteiger partial charge in [-0.15, -0.1) is 0 Å². The predicted octanol–water partition coefficient (Wildman–Crippen LogP) is 5.14. The average molecular weight is 386 g/mol. The maximum atomic E-state index is 12.9. The van der Waals surface area contributed by atoms with E-state index in [0.717, 1.165) is 42.0 Å². The summed E-state index contributed by atoms with van der Waals surface area (Å²) in [4.78, 5) is 15.1. The van der Waals surface area contributed by atoms with Gasteiger partial charge in [0, 0.05) is 17.3 Å². The van der Waals surface area contributed by atoms with Crippen molar-refractivity contribution >= 4 is 11.6 Å². The van der Waals surface area contributed by atoms with Crippen LogP contribution in [0.5, 0.6) is 5.75 Å². The third kappa shape index (κ3) is 4.49. The van der Waals surface area contributed by atoms with E-state index < -0.39 is 0 Å². The molecule has 0 radical (unpaired) electrons. The first kappa shape index (κ1) is 19.2. The second-order valence-corrected chi connectivity index (χ2v) is 7.36. The molecule has 1 saturated heterocycles. The van der Waals surface area contributed by atoms with Gasteiger partial charge in [-0.1, -0.05) is 60.7 Å². The molecule has 0 aromatic heterocycles. The quantitative estimate of drug-likeness (QED) is 0.638. The van der Waals surface area contributed by atoms with Crippen molar-refractivity contribution in [3.8, 4) is 16.9 Å². The van der Waals surface area contributed by atoms with Gasteiger partial charge in [-0.05, 0) is 48.7 Å². The number of hydrogen-bond donors (Lipinski definition) is 1. The number of benzene rings is 3. The predicted molar refractivity (Wildman–Crippen MR) is 117 cm³/mol. The molecule has 0 saturated carbocycles. The van der Waals surface area contributed by atoms with Gasteiger partial charge in [-0.3, -0.25) is 9.69 Å². The van der Waals surface area contributed by atoms with Crippen LogP contribution in [0, 0.1) is 0 Å². The molecular formula is C25H26N2O2. The van der Waals surface area contributed by atoms with Crippen molar-refractivity contribution in [1.82, 2.24) is 4.90 Å². The van der Waals surface area contributed by atoms with E-state index in [2.05, 4.69) is 34.5 Å². The summed E-state index contributed by atoms with van der Waals surface area (Å²) < 4.78 is 5.37. The molecule has 4 heteroatoms. The molecule has 3 aromatic rings. The Kier molecular flexibility index (Phi) is 5.92. The molecule has 1 N–H and O–H groups in total. The monoisotopic (exact) mass is 386 g/mol. The van der Waals surface area contributed by atoms with Gasteiger partial charge in [-0.2, -0.15) is 0 Å². The van der Waals surface area contributed by atoms with Gasteiger partial charge in [0.05, 0.1) is 13.7 Å². The number of para-hydroxylation sites is 1. The molecule has 0 bridgehead atoms. The lowest BCUT2D eigenvalue weighted by molar-refractivity contribution is -0.117. The zero-order chi connectivity index (χ0) is 20.1. The number of hydrogen-bond acceptors (Lipinski definition) is 3. The molecule has 1 unspecified atom stereocenters. The minimum atomic E-state index is 0.0168. The summed E-state index contributed by atoms with van der Waals surface area (Å²) in [5, 5.41) is 3.13. The van der Waals surface area contributed by atoms with E-state index in [1.807, 2.05) is 54.6 Å². The molecule has 4 rings (SSSR count). The Bertz CT molecular complexity index is 971. The summed E-state index contributed by atoms with van der Waals surface area (Å²) in [5.74, 6) is 0.874. The van der Waals surface area contributed by atoms with E-state index >= 15 is 0 Å². The smallest absolute Gasteiger partial charge is 0.238 e. The second kappa shape index (κ2) is 8.93. The highest BCUT2D eigenvalue weighted by Gasteiger charge is 2.28. The Morgan fingerprint density at radius 1 is 1.03 bits per heavy atom. The van der Waals surface area contributed by atoms with Crippen LogP contribution in [0.3, 0.4) is 0 Å². The van der Waals surface area contributed by atoms with E-state index in [0.29, 0.717) is 6.54 Å². The van der Waals surface area contributed by atoms with Crippen LogP contribution in [0.2, 0.25) is 0 Å². The summed E-state index contributed by atoms with van der Waals surface area (Å²) >= 11 is 0. The zero-order valence-electron chi connectivity index (χ0n) is 16.7. The number of likely N-dealkylation sites (tertiary alicyclic amines) is 1. The number of nitrogens with zero attached hydrogens (tertiary/aromatic N) is 1. The van der Waals surface area contributed by atoms with Gasteiger partial charge in [0.2, 0.25) is 5.91 Å². The lowest BCUT2D eigenvalue weighted by atomic mass is 10.0. The largest absolute Gasteiger partial charge is 0.497 e. The Morgan fingerprint density at radius 3 is 2.66 bits per heavy atom. The van der Waals surface area contributed by atoms with Crippen molar-refractivity contribution in [2.24, 2.45) is 0 Å². The van der Waals surface area contributed by atoms with Crippen LogP contribution in [0.4, 0.5) is 5.69 Å². The summed E-state index contributed by atoms with van der Waals surface area (Å²) in [5.41, 5.74) is 4.19. The minimum absolute atomic E-state index is 0.0168. The fourth-order valence-corrected chi connectivity index (χ4v) is 4.08. The Hall–Kier alpha value is -3.11. The lowest BCUT2D eigenvalue weighted by Gasteiger charge is -2.24. The molecule has 3 aromatic carbocycles. The van der Waals surface area contributed by atoms with Gasteiger partial charge in [0.1, 0.15) is 5.75 Å². The van der Waals surface area contributed by atoms with Crippen LogP contribution in [0.15, 0.2) is 78.9 Å². The highest BCUT2D eigenvalue weighted by atomic mass is 16.5. The SMILES string of the molecule is COc1cccc(C2CCCN2CC(=O)Nc2ccccc2-c2ccccc2)c1. The van der Waals surface area contributed by atoms with Crippen molar-refractivity contribution in [3.63, 3.8) is 0 Å². The van der Waals surface area contributed by atoms with Gasteiger partial charge in [-0.25, -0.2) is 0 Å². The summed E-state index contributed by atoms with van der Waals surface area (Å²) in [7, 11) is 1.68. The number of carbonyl (C=O) groups is 1. The summed E-state index contributed by atoms with van der Waals surface area (Å²) in [6.07, 6.45) is 2.15. The molecule has 148 valence electrons. The molecule has 4 nitrogen and oxygen atoms in total. The van der Waals surface area contributed by atoms with Crippen LogP contribution in [-0.2, 0) is 4.79 Å². The standard InChI is InChI=1S/C25H26N2O2/c1-29-21-12-7-11-20(17-21)24-15-8-16-27(24)18-25(28)26-23-14-6-5-13-22(23)19-9-3-2-4-10-19/h2-7,9-14,17,24H,8,15-16,18H2,1H3,(H,26,28). The van der Waals surface area contributed by atoms with E-state index in [9.17, 15) is 4.79 Å². The fourth-order valence-electron chi connectivity index (χ4n) is 4.08. The van der Waals surface area contributed by atoms with Crippen molar-refractivity contribution in [1.29, 1.82) is 0 Å². The zero-order valence-corrected chi connectivity index (χ0v) is 16.7. The summed E-state index contributed by atoms with van der Waals surface area (Å²) in [6.45, 7) is 1.31. The molecule has 1 atom stereocenters. The van der Waals surface area contributed by atoms with E-state index in [1.54, 1.807) is 7.11 Å². The van der Waals surface area contributed by atoms with Crippen molar-refractivity contribution < 1.29 is 9.53 Å². The van der Waals surface area contributed by atoms with E-state index in [-0.39, 0.29) is 11.9 Å². The number of amides is 1. The number of nitrogens with one attached hydrogen (secondary N) is 1. The van der Waals surface area contributed by atoms with E-state index in [1.165, 1.54) is 5.56 Å². The first-order chi connectivity index (χ1) is 14.2. The van der Waals surface area contributed by atoms with Crippen molar-refractivity contribution in [2.45, 2.75) is 18.9 Å². The Labute approximate surface area is 172 Å². The molecule has 1 heterocycles. The maximum Gasteiger partial charge on any atom is 0.238 e. The van der Waals surface area contributed by atoms with Gasteiger partial charge < -0.3 is 10.1 Å². The Morgan fingerprint density at radius 2 is 1.83 bits per heavy atom. The topological polar surface area (TPSA) is 41.6 Å². The first-order valence-electron chi connectivity index (χ1n) is 10.1. The molecule has 1 aliphatic heterocycles. The summed E-state index contributed by atoms with van der Waals surface area (Å²) in [6, 6.07) is 26.5. The average Bonchev–Trinajstić information content (AvgIpc) is 3.22. The van der Waals surface area contributed by atoms with Gasteiger partial charge in [0.15, 0.2) is 0 Å². The van der Waals surface area contributed by atoms with Crippen LogP contribution in [-0.4, -0.2) is 31.0 Å². The van der Waals surface area contributed by atoms with Gasteiger partial charge in [0.25, 0.3) is 0 Å². The van der Waals surface area contributed by atoms with Crippen LogP contribution >= 0.6 is 0 Å². The Balaban J connectivity index is 1.47. The molecule has 0 aliphatic carbocycles. The van der Waals surface area contributed by atoms with Crippen LogP contribution in [0.1, 0.15) is 24.4 Å². The lowest BCUT2D eigenvalue weighted by Crippen LogP contribution is -2.33. The molecule has 1 fully saturated rings. The van der Waals surface area contributed by atoms with Crippen LogP contribution < -0.4 is 10.1 Å². The number of methoxy groups -OCH3 is 1. The molecule has 1 amide bonds. The van der Waals surface area contributed by atoms with Gasteiger partial charge >= 0.3 is 0 Å². The number of ether oxygens (including phenoxy) is 1. The van der Waals surface area contributed by atoms with Crippen molar-refractivity contribution in [3.05, 3.63) is 84.4 Å². The van der Waals surface area contributed by atoms with E-state index in [4.69, 9.17) is 4.74 Å². The molecule has 0 spiro atoms. The third-order valence-electron chi connectivity index (χ3n) is 5.47. The normalized spacial score (nSPS) is 16.5. The molecular weight excluding hydrogens is 360 g/mol. The fraction of sp³-hybridized carbons (Fsp3) is 0.240. The third-order valence-corrected chi connectivity index (χ3v) is 5.47. The molecule has 29 heavy (non-hydrogen) atoms. The highest BCUT2D eigenvalue weighted by molar-refractivity contribution is 5.96. The number of rotatable bonds is 6. The van der Waals surface area contributed by atoms with Crippen LogP contribution in [0.25, 0.3) is 11.1 Å². The molecule has 1 aliphatic rings.